The fraction of sp³-hybridized carbons (Fsp3) is 0.222. The Morgan fingerprint density at radius 1 is 1.47 bits per heavy atom. The van der Waals surface area contributed by atoms with Gasteiger partial charge in [0.15, 0.2) is 0 Å². The molecule has 76 valence electrons. The molecule has 0 unspecified atom stereocenters. The van der Waals surface area contributed by atoms with E-state index in [0.29, 0.717) is 0 Å². The van der Waals surface area contributed by atoms with Crippen molar-refractivity contribution in [3.05, 3.63) is 28.0 Å². The van der Waals surface area contributed by atoms with Crippen LogP contribution in [-0.4, -0.2) is 4.98 Å². The van der Waals surface area contributed by atoms with Gasteiger partial charge in [0.25, 0.3) is 6.43 Å². The maximum Gasteiger partial charge on any atom is 0.267 e. The van der Waals surface area contributed by atoms with Gasteiger partial charge in [-0.15, -0.1) is 0 Å². The Balaban J connectivity index is 3.47. The van der Waals surface area contributed by atoms with Crippen molar-refractivity contribution in [2.75, 3.05) is 0 Å². The third kappa shape index (κ3) is 2.20. The van der Waals surface area contributed by atoms with Crippen LogP contribution in [0.5, 0.6) is 0 Å². The zero-order chi connectivity index (χ0) is 11.4. The van der Waals surface area contributed by atoms with Gasteiger partial charge in [-0.05, 0) is 5.56 Å². The summed E-state index contributed by atoms with van der Waals surface area (Å²) < 4.78 is 25.2. The van der Waals surface area contributed by atoms with Crippen LogP contribution in [0.3, 0.4) is 0 Å². The van der Waals surface area contributed by atoms with Gasteiger partial charge in [0.1, 0.15) is 11.2 Å². The molecule has 0 fully saturated rings. The number of aromatic nitrogens is 1. The van der Waals surface area contributed by atoms with Gasteiger partial charge >= 0.3 is 0 Å². The Kier molecular flexibility index (Phi) is 3.54. The first-order valence-corrected chi connectivity index (χ1v) is 4.22. The first-order chi connectivity index (χ1) is 7.11. The average Bonchev–Trinajstić information content (AvgIpc) is 2.18. The van der Waals surface area contributed by atoms with E-state index < -0.39 is 12.0 Å². The third-order valence-electron chi connectivity index (χ3n) is 1.77. The van der Waals surface area contributed by atoms with Crippen LogP contribution in [-0.2, 0) is 6.42 Å². The second kappa shape index (κ2) is 4.68. The summed E-state index contributed by atoms with van der Waals surface area (Å²) in [6, 6.07) is 3.41. The fourth-order valence-corrected chi connectivity index (χ4v) is 1.37. The molecule has 1 heterocycles. The lowest BCUT2D eigenvalue weighted by atomic mass is 10.0. The number of nitrogens with zero attached hydrogens (tertiary/aromatic N) is 3. The monoisotopic (exact) mass is 227 g/mol. The maximum atomic E-state index is 12.6. The topological polar surface area (TPSA) is 60.5 Å². The van der Waals surface area contributed by atoms with Crippen molar-refractivity contribution in [3.63, 3.8) is 0 Å². The quantitative estimate of drug-likeness (QED) is 0.730. The highest BCUT2D eigenvalue weighted by Gasteiger charge is 2.21. The number of hydrogen-bond donors (Lipinski definition) is 0. The number of hydrogen-bond acceptors (Lipinski definition) is 3. The fourth-order valence-electron chi connectivity index (χ4n) is 1.13. The molecule has 0 saturated heterocycles. The van der Waals surface area contributed by atoms with Gasteiger partial charge in [0.2, 0.25) is 0 Å². The molecule has 0 aliphatic heterocycles. The molecule has 1 aromatic rings. The van der Waals surface area contributed by atoms with Crippen molar-refractivity contribution >= 4 is 11.6 Å². The Morgan fingerprint density at radius 2 is 2.13 bits per heavy atom. The number of pyridine rings is 1. The summed E-state index contributed by atoms with van der Waals surface area (Å²) in [5.74, 6) is 0. The highest BCUT2D eigenvalue weighted by molar-refractivity contribution is 6.30. The molecule has 15 heavy (non-hydrogen) atoms. The highest BCUT2D eigenvalue weighted by atomic mass is 35.5. The summed E-state index contributed by atoms with van der Waals surface area (Å²) in [5.41, 5.74) is -0.622. The van der Waals surface area contributed by atoms with E-state index in [0.717, 1.165) is 6.20 Å². The molecule has 0 amide bonds. The van der Waals surface area contributed by atoms with E-state index in [2.05, 4.69) is 4.98 Å². The minimum absolute atomic E-state index is 0.0451. The smallest absolute Gasteiger partial charge is 0.243 e. The summed E-state index contributed by atoms with van der Waals surface area (Å²) in [6.45, 7) is 0. The van der Waals surface area contributed by atoms with Crippen LogP contribution in [0.25, 0.3) is 0 Å². The number of nitriles is 2. The lowest BCUT2D eigenvalue weighted by molar-refractivity contribution is 0.150. The van der Waals surface area contributed by atoms with Crippen LogP contribution >= 0.6 is 11.6 Å². The molecule has 0 spiro atoms. The van der Waals surface area contributed by atoms with Crippen LogP contribution in [0, 0.1) is 22.7 Å². The Labute approximate surface area is 89.5 Å². The van der Waals surface area contributed by atoms with Crippen molar-refractivity contribution in [3.8, 4) is 12.1 Å². The molecule has 1 aromatic heterocycles. The number of alkyl halides is 2. The van der Waals surface area contributed by atoms with E-state index in [1.165, 1.54) is 0 Å². The molecule has 0 aromatic carbocycles. The van der Waals surface area contributed by atoms with E-state index in [9.17, 15) is 8.78 Å². The normalized spacial score (nSPS) is 9.73. The molecular formula is C9H4ClF2N3. The largest absolute Gasteiger partial charge is 0.267 e. The van der Waals surface area contributed by atoms with Crippen molar-refractivity contribution < 1.29 is 8.78 Å². The molecule has 0 aliphatic carbocycles. The summed E-state index contributed by atoms with van der Waals surface area (Å²) in [5, 5.41) is 16.8. The predicted molar refractivity (Wildman–Crippen MR) is 48.2 cm³/mol. The SMILES string of the molecule is N#CCc1c(C#N)cnc(Cl)c1C(F)F. The van der Waals surface area contributed by atoms with E-state index in [4.69, 9.17) is 22.1 Å². The van der Waals surface area contributed by atoms with Crippen molar-refractivity contribution in [1.82, 2.24) is 4.98 Å². The van der Waals surface area contributed by atoms with Gasteiger partial charge in [0.05, 0.1) is 23.6 Å². The minimum Gasteiger partial charge on any atom is -0.243 e. The number of rotatable bonds is 2. The summed E-state index contributed by atoms with van der Waals surface area (Å²) >= 11 is 5.48. The van der Waals surface area contributed by atoms with Crippen molar-refractivity contribution in [2.24, 2.45) is 0 Å². The Hall–Kier alpha value is -1.72. The average molecular weight is 228 g/mol. The third-order valence-corrected chi connectivity index (χ3v) is 2.08. The van der Waals surface area contributed by atoms with Crippen molar-refractivity contribution in [2.45, 2.75) is 12.8 Å². The molecule has 1 rings (SSSR count). The van der Waals surface area contributed by atoms with Crippen LogP contribution in [0.4, 0.5) is 8.78 Å². The van der Waals surface area contributed by atoms with Gasteiger partial charge in [-0.1, -0.05) is 11.6 Å². The van der Waals surface area contributed by atoms with E-state index >= 15 is 0 Å². The molecule has 0 atom stereocenters. The van der Waals surface area contributed by atoms with E-state index in [1.807, 2.05) is 0 Å². The summed E-state index contributed by atoms with van der Waals surface area (Å²) in [6.07, 6.45) is -2.05. The van der Waals surface area contributed by atoms with Crippen LogP contribution in [0.1, 0.15) is 23.1 Å². The predicted octanol–water partition coefficient (Wildman–Crippen LogP) is 2.61. The van der Waals surface area contributed by atoms with E-state index in [1.54, 1.807) is 12.1 Å². The molecule has 0 aliphatic rings. The summed E-state index contributed by atoms with van der Waals surface area (Å²) in [4.78, 5) is 3.47. The van der Waals surface area contributed by atoms with Crippen LogP contribution in [0.15, 0.2) is 6.20 Å². The molecule has 3 nitrogen and oxygen atoms in total. The lowest BCUT2D eigenvalue weighted by Crippen LogP contribution is -2.01. The molecule has 6 heteroatoms. The summed E-state index contributed by atoms with van der Waals surface area (Å²) in [7, 11) is 0. The number of halogens is 3. The molecule has 0 saturated carbocycles. The molecule has 0 bridgehead atoms. The molecule has 0 radical (unpaired) electrons. The standard InChI is InChI=1S/C9H4ClF2N3/c10-8-7(9(11)12)6(1-2-13)5(3-14)4-15-8/h4,9H,1H2. The zero-order valence-corrected chi connectivity index (χ0v) is 8.09. The van der Waals surface area contributed by atoms with Gasteiger partial charge in [-0.2, -0.15) is 10.5 Å². The maximum absolute atomic E-state index is 12.6. The van der Waals surface area contributed by atoms with Gasteiger partial charge in [-0.25, -0.2) is 13.8 Å². The second-order valence-electron chi connectivity index (χ2n) is 2.60. The Morgan fingerprint density at radius 3 is 2.60 bits per heavy atom. The first-order valence-electron chi connectivity index (χ1n) is 3.84. The van der Waals surface area contributed by atoms with Gasteiger partial charge in [0, 0.05) is 6.20 Å². The molecular weight excluding hydrogens is 224 g/mol. The van der Waals surface area contributed by atoms with Crippen molar-refractivity contribution in [1.29, 1.82) is 10.5 Å². The first kappa shape index (κ1) is 11.4. The van der Waals surface area contributed by atoms with Gasteiger partial charge < -0.3 is 0 Å². The zero-order valence-electron chi connectivity index (χ0n) is 7.34. The second-order valence-corrected chi connectivity index (χ2v) is 2.96. The highest BCUT2D eigenvalue weighted by Crippen LogP contribution is 2.30. The van der Waals surface area contributed by atoms with Crippen LogP contribution < -0.4 is 0 Å². The van der Waals surface area contributed by atoms with Crippen LogP contribution in [0.2, 0.25) is 5.15 Å². The molecule has 0 N–H and O–H groups in total. The van der Waals surface area contributed by atoms with E-state index in [-0.39, 0.29) is 22.7 Å². The minimum atomic E-state index is -2.85. The lowest BCUT2D eigenvalue weighted by Gasteiger charge is -2.08. The Bertz CT molecular complexity index is 460. The van der Waals surface area contributed by atoms with Gasteiger partial charge in [-0.3, -0.25) is 0 Å².